The fraction of sp³-hybridized carbons (Fsp3) is 0.154. The van der Waals surface area contributed by atoms with Gasteiger partial charge in [0, 0.05) is 14.1 Å². The molecule has 6 nitrogen and oxygen atoms in total. The second-order valence-electron chi connectivity index (χ2n) is 4.25. The molecule has 0 bridgehead atoms. The Balaban J connectivity index is 2.42. The van der Waals surface area contributed by atoms with Crippen molar-refractivity contribution in [1.82, 2.24) is 14.1 Å². The number of hydrogen-bond donors (Lipinski definition) is 0. The van der Waals surface area contributed by atoms with Crippen molar-refractivity contribution in [2.45, 2.75) is 0 Å². The predicted molar refractivity (Wildman–Crippen MR) is 69.9 cm³/mol. The summed E-state index contributed by atoms with van der Waals surface area (Å²) < 4.78 is 7.68. The van der Waals surface area contributed by atoms with Crippen molar-refractivity contribution >= 4 is 11.0 Å². The molecule has 0 fully saturated rings. The Bertz CT molecular complexity index is 873. The van der Waals surface area contributed by atoms with Crippen LogP contribution < -0.4 is 11.2 Å². The molecule has 0 N–H and O–H groups in total. The minimum atomic E-state index is -0.401. The van der Waals surface area contributed by atoms with Gasteiger partial charge in [0.2, 0.25) is 0 Å². The summed E-state index contributed by atoms with van der Waals surface area (Å²) in [6.07, 6.45) is 1.55. The lowest BCUT2D eigenvalue weighted by molar-refractivity contribution is 0.580. The van der Waals surface area contributed by atoms with Gasteiger partial charge in [-0.2, -0.15) is 0 Å². The summed E-state index contributed by atoms with van der Waals surface area (Å²) in [5, 5.41) is 0.403. The molecule has 19 heavy (non-hydrogen) atoms. The Morgan fingerprint density at radius 2 is 1.89 bits per heavy atom. The molecule has 0 saturated carbocycles. The Labute approximate surface area is 107 Å². The van der Waals surface area contributed by atoms with Crippen LogP contribution in [0.4, 0.5) is 0 Å². The quantitative estimate of drug-likeness (QED) is 0.649. The highest BCUT2D eigenvalue weighted by Crippen LogP contribution is 2.18. The fourth-order valence-electron chi connectivity index (χ4n) is 2.02. The Morgan fingerprint density at radius 3 is 2.58 bits per heavy atom. The molecule has 0 aliphatic carbocycles. The van der Waals surface area contributed by atoms with Crippen molar-refractivity contribution in [3.63, 3.8) is 0 Å². The highest BCUT2D eigenvalue weighted by molar-refractivity contribution is 5.76. The van der Waals surface area contributed by atoms with E-state index in [2.05, 4.69) is 4.98 Å². The first-order valence-electron chi connectivity index (χ1n) is 5.70. The highest BCUT2D eigenvalue weighted by Gasteiger charge is 2.11. The van der Waals surface area contributed by atoms with E-state index < -0.39 is 5.69 Å². The topological polar surface area (TPSA) is 70.0 Å². The number of fused-ring (bicyclic) bond motifs is 1. The van der Waals surface area contributed by atoms with Crippen molar-refractivity contribution in [2.75, 3.05) is 0 Å². The monoisotopic (exact) mass is 257 g/mol. The lowest BCUT2D eigenvalue weighted by Gasteiger charge is -2.07. The maximum Gasteiger partial charge on any atom is 0.332 e. The van der Waals surface area contributed by atoms with Crippen LogP contribution in [-0.2, 0) is 14.1 Å². The number of hydrogen-bond acceptors (Lipinski definition) is 4. The van der Waals surface area contributed by atoms with Gasteiger partial charge in [0.25, 0.3) is 5.56 Å². The third kappa shape index (κ3) is 1.61. The van der Waals surface area contributed by atoms with Crippen LogP contribution in [0.3, 0.4) is 0 Å². The molecule has 0 aliphatic heterocycles. The third-order valence-electron chi connectivity index (χ3n) is 3.08. The van der Waals surface area contributed by atoms with Gasteiger partial charge in [0.15, 0.2) is 5.76 Å². The molecule has 3 rings (SSSR count). The predicted octanol–water partition coefficient (Wildman–Crippen LogP) is 0.892. The van der Waals surface area contributed by atoms with Crippen molar-refractivity contribution < 1.29 is 4.42 Å². The van der Waals surface area contributed by atoms with E-state index >= 15 is 0 Å². The van der Waals surface area contributed by atoms with Crippen LogP contribution in [0.1, 0.15) is 0 Å². The van der Waals surface area contributed by atoms with E-state index in [1.807, 2.05) is 0 Å². The molecule has 0 radical (unpaired) electrons. The zero-order valence-electron chi connectivity index (χ0n) is 10.5. The summed E-state index contributed by atoms with van der Waals surface area (Å²) in [6, 6.07) is 6.88. The SMILES string of the molecule is Cn1c(=O)c2ccc(-c3ccco3)nc2n(C)c1=O. The minimum absolute atomic E-state index is 0.349. The van der Waals surface area contributed by atoms with Gasteiger partial charge in [-0.05, 0) is 24.3 Å². The molecular weight excluding hydrogens is 246 g/mol. The Morgan fingerprint density at radius 1 is 1.11 bits per heavy atom. The second kappa shape index (κ2) is 3.94. The molecule has 0 aliphatic rings. The van der Waals surface area contributed by atoms with Crippen molar-refractivity contribution in [3.8, 4) is 11.5 Å². The first kappa shape index (κ1) is 11.5. The molecular formula is C13H11N3O3. The lowest BCUT2D eigenvalue weighted by atomic mass is 10.2. The summed E-state index contributed by atoms with van der Waals surface area (Å²) in [4.78, 5) is 28.2. The summed E-state index contributed by atoms with van der Waals surface area (Å²) in [7, 11) is 3.04. The number of furan rings is 1. The van der Waals surface area contributed by atoms with E-state index in [-0.39, 0.29) is 5.56 Å². The van der Waals surface area contributed by atoms with E-state index in [0.29, 0.717) is 22.5 Å². The van der Waals surface area contributed by atoms with Gasteiger partial charge in [-0.3, -0.25) is 13.9 Å². The van der Waals surface area contributed by atoms with Gasteiger partial charge in [-0.15, -0.1) is 0 Å². The first-order chi connectivity index (χ1) is 9.09. The van der Waals surface area contributed by atoms with Crippen molar-refractivity contribution in [3.05, 3.63) is 51.4 Å². The van der Waals surface area contributed by atoms with Gasteiger partial charge in [0.05, 0.1) is 11.6 Å². The largest absolute Gasteiger partial charge is 0.463 e. The standard InChI is InChI=1S/C13H11N3O3/c1-15-11-8(12(17)16(2)13(15)18)5-6-9(14-11)10-4-3-7-19-10/h3-7H,1-2H3. The maximum atomic E-state index is 12.0. The van der Waals surface area contributed by atoms with Crippen LogP contribution >= 0.6 is 0 Å². The Hall–Kier alpha value is -2.63. The molecule has 0 saturated heterocycles. The van der Waals surface area contributed by atoms with Gasteiger partial charge in [0.1, 0.15) is 11.3 Å². The number of rotatable bonds is 1. The molecule has 3 aromatic rings. The van der Waals surface area contributed by atoms with Crippen LogP contribution in [0.2, 0.25) is 0 Å². The smallest absolute Gasteiger partial charge is 0.332 e. The van der Waals surface area contributed by atoms with Crippen LogP contribution in [-0.4, -0.2) is 14.1 Å². The molecule has 0 atom stereocenters. The van der Waals surface area contributed by atoms with Gasteiger partial charge in [-0.25, -0.2) is 9.78 Å². The van der Waals surface area contributed by atoms with Crippen molar-refractivity contribution in [2.24, 2.45) is 14.1 Å². The lowest BCUT2D eigenvalue weighted by Crippen LogP contribution is -2.37. The normalized spacial score (nSPS) is 11.1. The molecule has 0 amide bonds. The summed E-state index contributed by atoms with van der Waals surface area (Å²) in [5.41, 5.74) is 0.181. The Kier molecular flexibility index (Phi) is 2.38. The first-order valence-corrected chi connectivity index (χ1v) is 5.70. The van der Waals surface area contributed by atoms with Crippen LogP contribution in [0.15, 0.2) is 44.5 Å². The van der Waals surface area contributed by atoms with E-state index in [4.69, 9.17) is 4.42 Å². The number of aryl methyl sites for hydroxylation is 1. The van der Waals surface area contributed by atoms with Crippen LogP contribution in [0, 0.1) is 0 Å². The molecule has 3 aromatic heterocycles. The van der Waals surface area contributed by atoms with Crippen LogP contribution in [0.5, 0.6) is 0 Å². The van der Waals surface area contributed by atoms with E-state index in [0.717, 1.165) is 4.57 Å². The number of nitrogens with zero attached hydrogens (tertiary/aromatic N) is 3. The summed E-state index contributed by atoms with van der Waals surface area (Å²) in [6.45, 7) is 0. The zero-order valence-corrected chi connectivity index (χ0v) is 10.5. The molecule has 96 valence electrons. The molecule has 6 heteroatoms. The average molecular weight is 257 g/mol. The van der Waals surface area contributed by atoms with Gasteiger partial charge in [-0.1, -0.05) is 0 Å². The summed E-state index contributed by atoms with van der Waals surface area (Å²) in [5.74, 6) is 0.593. The van der Waals surface area contributed by atoms with Crippen LogP contribution in [0.25, 0.3) is 22.5 Å². The second-order valence-corrected chi connectivity index (χ2v) is 4.25. The molecule has 0 aromatic carbocycles. The van der Waals surface area contributed by atoms with E-state index in [1.54, 1.807) is 37.6 Å². The van der Waals surface area contributed by atoms with Gasteiger partial charge >= 0.3 is 5.69 Å². The zero-order chi connectivity index (χ0) is 13.6. The van der Waals surface area contributed by atoms with E-state index in [1.165, 1.54) is 11.6 Å². The van der Waals surface area contributed by atoms with Crippen molar-refractivity contribution in [1.29, 1.82) is 0 Å². The fourth-order valence-corrected chi connectivity index (χ4v) is 2.02. The molecule has 3 heterocycles. The third-order valence-corrected chi connectivity index (χ3v) is 3.08. The number of pyridine rings is 1. The molecule has 0 unspecified atom stereocenters. The van der Waals surface area contributed by atoms with Gasteiger partial charge < -0.3 is 4.42 Å². The maximum absolute atomic E-state index is 12.0. The summed E-state index contributed by atoms with van der Waals surface area (Å²) >= 11 is 0. The molecule has 0 spiro atoms. The highest BCUT2D eigenvalue weighted by atomic mass is 16.3. The minimum Gasteiger partial charge on any atom is -0.463 e. The average Bonchev–Trinajstić information content (AvgIpc) is 2.96. The van der Waals surface area contributed by atoms with E-state index in [9.17, 15) is 9.59 Å². The number of aromatic nitrogens is 3.